The smallest absolute Gasteiger partial charge is 0.262 e. The van der Waals surface area contributed by atoms with Gasteiger partial charge < -0.3 is 15.0 Å². The van der Waals surface area contributed by atoms with E-state index in [-0.39, 0.29) is 17.4 Å². The van der Waals surface area contributed by atoms with E-state index in [1.54, 1.807) is 17.8 Å². The Morgan fingerprint density at radius 1 is 1.00 bits per heavy atom. The first-order valence-electron chi connectivity index (χ1n) is 12.7. The number of amides is 1. The van der Waals surface area contributed by atoms with Crippen LogP contribution in [0.1, 0.15) is 43.7 Å². The van der Waals surface area contributed by atoms with Crippen molar-refractivity contribution in [1.82, 2.24) is 4.90 Å². The van der Waals surface area contributed by atoms with Crippen molar-refractivity contribution in [2.45, 2.75) is 50.8 Å². The lowest BCUT2D eigenvalue weighted by Gasteiger charge is -2.39. The molecule has 1 saturated heterocycles. The van der Waals surface area contributed by atoms with Crippen molar-refractivity contribution in [2.24, 2.45) is 5.92 Å². The zero-order valence-corrected chi connectivity index (χ0v) is 23.0. The van der Waals surface area contributed by atoms with Crippen molar-refractivity contribution in [1.29, 1.82) is 0 Å². The summed E-state index contributed by atoms with van der Waals surface area (Å²) in [6.07, 6.45) is 6.46. The number of ether oxygens (including phenoxy) is 1. The van der Waals surface area contributed by atoms with Gasteiger partial charge in [0, 0.05) is 27.3 Å². The van der Waals surface area contributed by atoms with Crippen molar-refractivity contribution in [3.8, 4) is 5.75 Å². The van der Waals surface area contributed by atoms with Crippen LogP contribution in [0.15, 0.2) is 77.7 Å². The Hall–Kier alpha value is -2.60. The molecule has 2 fully saturated rings. The molecule has 0 aromatic heterocycles. The van der Waals surface area contributed by atoms with E-state index in [9.17, 15) is 4.79 Å². The molecule has 0 bridgehead atoms. The summed E-state index contributed by atoms with van der Waals surface area (Å²) < 4.78 is 6.15. The number of halogens is 2. The van der Waals surface area contributed by atoms with Gasteiger partial charge in [0.2, 0.25) is 0 Å². The summed E-state index contributed by atoms with van der Waals surface area (Å²) in [4.78, 5) is 16.6. The van der Waals surface area contributed by atoms with E-state index in [2.05, 4.69) is 17.1 Å². The normalized spacial score (nSPS) is 22.9. The highest BCUT2D eigenvalue weighted by Gasteiger charge is 2.43. The zero-order chi connectivity index (χ0) is 25.8. The number of rotatable bonds is 7. The van der Waals surface area contributed by atoms with Crippen molar-refractivity contribution in [3.05, 3.63) is 98.9 Å². The second-order valence-electron chi connectivity index (χ2n) is 9.63. The summed E-state index contributed by atoms with van der Waals surface area (Å²) >= 11 is 14.1. The van der Waals surface area contributed by atoms with E-state index in [1.807, 2.05) is 72.8 Å². The number of anilines is 1. The molecule has 3 aromatic rings. The molecule has 1 saturated carbocycles. The summed E-state index contributed by atoms with van der Waals surface area (Å²) in [6.45, 7) is 2.63. The second-order valence-corrected chi connectivity index (χ2v) is 11.6. The van der Waals surface area contributed by atoms with Gasteiger partial charge in [-0.1, -0.05) is 85.1 Å². The summed E-state index contributed by atoms with van der Waals surface area (Å²) in [6, 6.07) is 23.4. The molecule has 4 nitrogen and oxygen atoms in total. The highest BCUT2D eigenvalue weighted by Crippen LogP contribution is 2.43. The van der Waals surface area contributed by atoms with Crippen molar-refractivity contribution in [2.75, 3.05) is 5.32 Å². The molecule has 7 heteroatoms. The first-order chi connectivity index (χ1) is 18.0. The van der Waals surface area contributed by atoms with E-state index in [1.165, 1.54) is 6.42 Å². The number of nitrogens with zero attached hydrogens (tertiary/aromatic N) is 1. The van der Waals surface area contributed by atoms with E-state index >= 15 is 0 Å². The van der Waals surface area contributed by atoms with E-state index < -0.39 is 0 Å². The Bertz CT molecular complexity index is 1280. The summed E-state index contributed by atoms with van der Waals surface area (Å²) in [7, 11) is 0. The number of carbonyl (C=O) groups is 1. The van der Waals surface area contributed by atoms with Gasteiger partial charge in [0.25, 0.3) is 5.91 Å². The van der Waals surface area contributed by atoms with Crippen LogP contribution in [-0.4, -0.2) is 22.3 Å². The fourth-order valence-electron chi connectivity index (χ4n) is 5.06. The van der Waals surface area contributed by atoms with Gasteiger partial charge in [-0.2, -0.15) is 0 Å². The first-order valence-corrected chi connectivity index (χ1v) is 14.3. The van der Waals surface area contributed by atoms with E-state index in [0.717, 1.165) is 36.1 Å². The second kappa shape index (κ2) is 11.8. The van der Waals surface area contributed by atoms with E-state index in [4.69, 9.17) is 27.9 Å². The summed E-state index contributed by atoms with van der Waals surface area (Å²) in [5, 5.41) is 4.85. The maximum atomic E-state index is 13.9. The van der Waals surface area contributed by atoms with Gasteiger partial charge in [-0.15, -0.1) is 0 Å². The molecule has 2 aliphatic rings. The third-order valence-electron chi connectivity index (χ3n) is 6.97. The molecule has 5 rings (SSSR count). The zero-order valence-electron chi connectivity index (χ0n) is 20.7. The highest BCUT2D eigenvalue weighted by molar-refractivity contribution is 8.05. The highest BCUT2D eigenvalue weighted by atomic mass is 35.5. The molecular weight excluding hydrogens is 523 g/mol. The quantitative estimate of drug-likeness (QED) is 0.298. The Morgan fingerprint density at radius 3 is 2.57 bits per heavy atom. The maximum Gasteiger partial charge on any atom is 0.262 e. The number of hydrogen-bond acceptors (Lipinski definition) is 4. The molecule has 1 N–H and O–H groups in total. The number of benzene rings is 3. The fourth-order valence-corrected chi connectivity index (χ4v) is 6.66. The van der Waals surface area contributed by atoms with Crippen LogP contribution in [0.4, 0.5) is 5.69 Å². The molecule has 3 atom stereocenters. The van der Waals surface area contributed by atoms with Crippen LogP contribution in [0, 0.1) is 5.92 Å². The molecule has 0 spiro atoms. The van der Waals surface area contributed by atoms with Crippen molar-refractivity contribution in [3.63, 3.8) is 0 Å². The lowest BCUT2D eigenvalue weighted by molar-refractivity contribution is -0.129. The molecule has 37 heavy (non-hydrogen) atoms. The molecule has 192 valence electrons. The van der Waals surface area contributed by atoms with Crippen LogP contribution < -0.4 is 10.1 Å². The largest absolute Gasteiger partial charge is 0.488 e. The lowest BCUT2D eigenvalue weighted by atomic mass is 9.85. The first kappa shape index (κ1) is 26.0. The number of thioether (sulfide) groups is 1. The Morgan fingerprint density at radius 2 is 1.78 bits per heavy atom. The maximum absolute atomic E-state index is 13.9. The van der Waals surface area contributed by atoms with Crippen LogP contribution >= 0.6 is 35.0 Å². The standard InChI is InChI=1S/C30H30Cl2N2O2S/c1-20-8-5-6-13-26(20)34-29(35)28(37-30(34)33-25-11-3-2-4-12-25)18-22-17-24(32)14-15-27(22)36-19-21-9-7-10-23(31)16-21/h2-4,7,9-12,14-18,20,26,30,33H,5-6,8,13,19H2,1H3/b28-18-/t20-,26+,30?/m1/s1. The molecule has 1 heterocycles. The topological polar surface area (TPSA) is 41.6 Å². The van der Waals surface area contributed by atoms with Crippen LogP contribution in [0.5, 0.6) is 5.75 Å². The van der Waals surface area contributed by atoms with Gasteiger partial charge in [-0.25, -0.2) is 0 Å². The SMILES string of the molecule is C[C@@H]1CCCC[C@@H]1N1C(=O)/C(=C/c2cc(Cl)ccc2OCc2cccc(Cl)c2)SC1Nc1ccccc1. The van der Waals surface area contributed by atoms with Gasteiger partial charge in [0.15, 0.2) is 5.50 Å². The predicted molar refractivity (Wildman–Crippen MR) is 155 cm³/mol. The Balaban J connectivity index is 1.43. The molecule has 1 aliphatic carbocycles. The van der Waals surface area contributed by atoms with Gasteiger partial charge in [-0.05, 0) is 72.9 Å². The Kier molecular flexibility index (Phi) is 8.33. The van der Waals surface area contributed by atoms with Crippen molar-refractivity contribution < 1.29 is 9.53 Å². The number of hydrogen-bond donors (Lipinski definition) is 1. The van der Waals surface area contributed by atoms with Gasteiger partial charge in [0.1, 0.15) is 12.4 Å². The summed E-state index contributed by atoms with van der Waals surface area (Å²) in [5.41, 5.74) is 2.57. The van der Waals surface area contributed by atoms with Crippen LogP contribution in [0.2, 0.25) is 10.0 Å². The number of carbonyl (C=O) groups excluding carboxylic acids is 1. The number of nitrogens with one attached hydrogen (secondary N) is 1. The van der Waals surface area contributed by atoms with Crippen molar-refractivity contribution >= 4 is 52.6 Å². The monoisotopic (exact) mass is 552 g/mol. The van der Waals surface area contributed by atoms with Gasteiger partial charge in [0.05, 0.1) is 4.91 Å². The average molecular weight is 554 g/mol. The Labute approximate surface area is 233 Å². The molecule has 1 aliphatic heterocycles. The van der Waals surface area contributed by atoms with Crippen LogP contribution in [0.25, 0.3) is 6.08 Å². The van der Waals surface area contributed by atoms with E-state index in [0.29, 0.717) is 33.2 Å². The van der Waals surface area contributed by atoms with Crippen LogP contribution in [0.3, 0.4) is 0 Å². The van der Waals surface area contributed by atoms with Crippen LogP contribution in [-0.2, 0) is 11.4 Å². The van der Waals surface area contributed by atoms with Gasteiger partial charge >= 0.3 is 0 Å². The summed E-state index contributed by atoms with van der Waals surface area (Å²) in [5.74, 6) is 1.18. The minimum atomic E-state index is -0.179. The fraction of sp³-hybridized carbons (Fsp3) is 0.300. The molecule has 1 unspecified atom stereocenters. The number of para-hydroxylation sites is 1. The third kappa shape index (κ3) is 6.28. The molecule has 0 radical (unpaired) electrons. The predicted octanol–water partition coefficient (Wildman–Crippen LogP) is 8.46. The third-order valence-corrected chi connectivity index (χ3v) is 8.55. The lowest BCUT2D eigenvalue weighted by Crippen LogP contribution is -2.48. The molecular formula is C30H30Cl2N2O2S. The minimum Gasteiger partial charge on any atom is -0.488 e. The molecule has 1 amide bonds. The average Bonchev–Trinajstić information content (AvgIpc) is 3.18. The molecule has 3 aromatic carbocycles. The minimum absolute atomic E-state index is 0.0537. The van der Waals surface area contributed by atoms with Gasteiger partial charge in [-0.3, -0.25) is 4.79 Å².